The van der Waals surface area contributed by atoms with Crippen LogP contribution >= 0.6 is 43.2 Å². The number of rotatable bonds is 5. The van der Waals surface area contributed by atoms with E-state index in [1.807, 2.05) is 6.07 Å². The molecular formula is C12H9Br2F2NO2S2. The molecule has 3 nitrogen and oxygen atoms in total. The van der Waals surface area contributed by atoms with Gasteiger partial charge in [0.2, 0.25) is 9.84 Å². The Morgan fingerprint density at radius 1 is 1.19 bits per heavy atom. The summed E-state index contributed by atoms with van der Waals surface area (Å²) in [6.45, 7) is 0.551. The van der Waals surface area contributed by atoms with Crippen LogP contribution in [0, 0.1) is 0 Å². The lowest BCUT2D eigenvalue weighted by Crippen LogP contribution is -2.11. The van der Waals surface area contributed by atoms with E-state index < -0.39 is 15.6 Å². The van der Waals surface area contributed by atoms with Crippen molar-refractivity contribution in [3.8, 4) is 0 Å². The van der Waals surface area contributed by atoms with Crippen LogP contribution in [-0.2, 0) is 16.4 Å². The molecule has 0 aliphatic rings. The van der Waals surface area contributed by atoms with Gasteiger partial charge in [-0.05, 0) is 62.2 Å². The Morgan fingerprint density at radius 3 is 2.29 bits per heavy atom. The Kier molecular flexibility index (Phi) is 5.39. The van der Waals surface area contributed by atoms with E-state index >= 15 is 0 Å². The first kappa shape index (κ1) is 16.9. The second-order valence-corrected chi connectivity index (χ2v) is 9.24. The van der Waals surface area contributed by atoms with Crippen molar-refractivity contribution >= 4 is 58.7 Å². The highest BCUT2D eigenvalue weighted by Crippen LogP contribution is 2.32. The van der Waals surface area contributed by atoms with Crippen molar-refractivity contribution < 1.29 is 17.2 Å². The van der Waals surface area contributed by atoms with E-state index in [0.29, 0.717) is 12.2 Å². The van der Waals surface area contributed by atoms with Crippen LogP contribution in [0.2, 0.25) is 0 Å². The van der Waals surface area contributed by atoms with E-state index in [9.17, 15) is 17.2 Å². The molecule has 0 amide bonds. The normalized spacial score (nSPS) is 11.9. The van der Waals surface area contributed by atoms with Crippen LogP contribution in [-0.4, -0.2) is 14.2 Å². The minimum atomic E-state index is -4.53. The Balaban J connectivity index is 2.06. The zero-order valence-electron chi connectivity index (χ0n) is 10.3. The lowest BCUT2D eigenvalue weighted by Gasteiger charge is -2.07. The average molecular weight is 461 g/mol. The molecule has 2 rings (SSSR count). The van der Waals surface area contributed by atoms with Crippen LogP contribution in [0.3, 0.4) is 0 Å². The van der Waals surface area contributed by atoms with Crippen LogP contribution in [0.25, 0.3) is 0 Å². The van der Waals surface area contributed by atoms with E-state index in [2.05, 4.69) is 37.2 Å². The SMILES string of the molecule is O=S(=O)(c1ccc(NCc2cc(Br)c(Br)s2)cc1)C(F)F. The fourth-order valence-electron chi connectivity index (χ4n) is 1.53. The van der Waals surface area contributed by atoms with Gasteiger partial charge in [-0.3, -0.25) is 0 Å². The lowest BCUT2D eigenvalue weighted by molar-refractivity contribution is 0.234. The molecule has 0 saturated heterocycles. The molecule has 0 radical (unpaired) electrons. The van der Waals surface area contributed by atoms with E-state index in [0.717, 1.165) is 13.1 Å². The quantitative estimate of drug-likeness (QED) is 0.691. The number of sulfone groups is 1. The predicted octanol–water partition coefficient (Wildman–Crippen LogP) is 4.88. The van der Waals surface area contributed by atoms with Gasteiger partial charge >= 0.3 is 5.76 Å². The summed E-state index contributed by atoms with van der Waals surface area (Å²) >= 11 is 8.34. The Hall–Kier alpha value is -0.510. The molecule has 114 valence electrons. The minimum absolute atomic E-state index is 0.385. The molecule has 1 heterocycles. The summed E-state index contributed by atoms with van der Waals surface area (Å²) < 4.78 is 49.3. The zero-order chi connectivity index (χ0) is 15.6. The van der Waals surface area contributed by atoms with Crippen LogP contribution in [0.5, 0.6) is 0 Å². The molecule has 0 saturated carbocycles. The standard InChI is InChI=1S/C12H9Br2F2NO2S2/c13-10-5-8(20-11(10)14)6-17-7-1-3-9(4-2-7)21(18,19)12(15)16/h1-5,12,17H,6H2. The molecule has 1 aromatic carbocycles. The van der Waals surface area contributed by atoms with Gasteiger partial charge < -0.3 is 5.32 Å². The minimum Gasteiger partial charge on any atom is -0.380 e. The lowest BCUT2D eigenvalue weighted by atomic mass is 10.3. The van der Waals surface area contributed by atoms with E-state index in [4.69, 9.17) is 0 Å². The third-order valence-corrected chi connectivity index (χ3v) is 7.23. The smallest absolute Gasteiger partial charge is 0.341 e. The largest absolute Gasteiger partial charge is 0.380 e. The summed E-state index contributed by atoms with van der Waals surface area (Å²) in [6, 6.07) is 7.23. The maximum absolute atomic E-state index is 12.4. The number of halogens is 4. The Bertz CT molecular complexity index is 711. The van der Waals surface area contributed by atoms with Crippen molar-refractivity contribution in [3.63, 3.8) is 0 Å². The summed E-state index contributed by atoms with van der Waals surface area (Å²) in [6.07, 6.45) is 0. The summed E-state index contributed by atoms with van der Waals surface area (Å²) in [5, 5.41) is 3.10. The first-order valence-corrected chi connectivity index (χ1v) is 9.55. The predicted molar refractivity (Wildman–Crippen MR) is 86.7 cm³/mol. The number of thiophene rings is 1. The second kappa shape index (κ2) is 6.72. The second-order valence-electron chi connectivity index (χ2n) is 4.02. The van der Waals surface area contributed by atoms with Gasteiger partial charge in [0, 0.05) is 21.6 Å². The average Bonchev–Trinajstić information content (AvgIpc) is 2.76. The van der Waals surface area contributed by atoms with Crippen molar-refractivity contribution in [1.29, 1.82) is 0 Å². The molecule has 0 aliphatic carbocycles. The van der Waals surface area contributed by atoms with Crippen LogP contribution < -0.4 is 5.32 Å². The fourth-order valence-corrected chi connectivity index (χ4v) is 4.37. The zero-order valence-corrected chi connectivity index (χ0v) is 15.1. The van der Waals surface area contributed by atoms with Gasteiger partial charge in [-0.2, -0.15) is 8.78 Å². The van der Waals surface area contributed by atoms with Crippen molar-refractivity contribution in [1.82, 2.24) is 0 Å². The van der Waals surface area contributed by atoms with E-state index in [1.54, 1.807) is 11.3 Å². The summed E-state index contributed by atoms with van der Waals surface area (Å²) in [5.74, 6) is -3.41. The maximum atomic E-state index is 12.4. The van der Waals surface area contributed by atoms with Gasteiger partial charge in [0.15, 0.2) is 0 Å². The molecule has 1 N–H and O–H groups in total. The Morgan fingerprint density at radius 2 is 1.81 bits per heavy atom. The molecule has 1 aromatic heterocycles. The molecular weight excluding hydrogens is 452 g/mol. The molecule has 0 atom stereocenters. The number of anilines is 1. The molecule has 0 unspecified atom stereocenters. The maximum Gasteiger partial charge on any atom is 0.341 e. The summed E-state index contributed by atoms with van der Waals surface area (Å²) in [7, 11) is -4.53. The molecule has 2 aromatic rings. The highest BCUT2D eigenvalue weighted by Gasteiger charge is 2.26. The molecule has 0 spiro atoms. The van der Waals surface area contributed by atoms with Gasteiger partial charge in [-0.1, -0.05) is 0 Å². The molecule has 21 heavy (non-hydrogen) atoms. The molecule has 0 aliphatic heterocycles. The van der Waals surface area contributed by atoms with Crippen LogP contribution in [0.1, 0.15) is 4.88 Å². The number of alkyl halides is 2. The Labute approximate surface area is 141 Å². The van der Waals surface area contributed by atoms with Gasteiger partial charge in [0.25, 0.3) is 0 Å². The van der Waals surface area contributed by atoms with Crippen molar-refractivity contribution in [2.75, 3.05) is 5.32 Å². The molecule has 0 fully saturated rings. The van der Waals surface area contributed by atoms with Gasteiger partial charge in [0.05, 0.1) is 8.68 Å². The topological polar surface area (TPSA) is 46.2 Å². The number of benzene rings is 1. The number of hydrogen-bond donors (Lipinski definition) is 1. The highest BCUT2D eigenvalue weighted by atomic mass is 79.9. The third kappa shape index (κ3) is 4.02. The van der Waals surface area contributed by atoms with Gasteiger partial charge in [0.1, 0.15) is 0 Å². The van der Waals surface area contributed by atoms with E-state index in [-0.39, 0.29) is 4.90 Å². The van der Waals surface area contributed by atoms with Crippen molar-refractivity contribution in [2.45, 2.75) is 17.2 Å². The van der Waals surface area contributed by atoms with Gasteiger partial charge in [-0.25, -0.2) is 8.42 Å². The number of nitrogens with one attached hydrogen (secondary N) is 1. The van der Waals surface area contributed by atoms with Crippen molar-refractivity contribution in [2.24, 2.45) is 0 Å². The van der Waals surface area contributed by atoms with Crippen LogP contribution in [0.15, 0.2) is 43.5 Å². The monoisotopic (exact) mass is 459 g/mol. The molecule has 0 bridgehead atoms. The first-order valence-electron chi connectivity index (χ1n) is 5.60. The van der Waals surface area contributed by atoms with E-state index in [1.165, 1.54) is 24.3 Å². The third-order valence-electron chi connectivity index (χ3n) is 2.58. The first-order chi connectivity index (χ1) is 9.80. The summed E-state index contributed by atoms with van der Waals surface area (Å²) in [5.41, 5.74) is 0.656. The fraction of sp³-hybridized carbons (Fsp3) is 0.167. The number of hydrogen-bond acceptors (Lipinski definition) is 4. The van der Waals surface area contributed by atoms with Crippen molar-refractivity contribution in [3.05, 3.63) is 43.5 Å². The summed E-state index contributed by atoms with van der Waals surface area (Å²) in [4.78, 5) is 0.683. The van der Waals surface area contributed by atoms with Gasteiger partial charge in [-0.15, -0.1) is 11.3 Å². The van der Waals surface area contributed by atoms with Crippen LogP contribution in [0.4, 0.5) is 14.5 Å². The highest BCUT2D eigenvalue weighted by molar-refractivity contribution is 9.13. The molecule has 9 heteroatoms.